The Bertz CT molecular complexity index is 631. The van der Waals surface area contributed by atoms with Gasteiger partial charge in [0.15, 0.2) is 0 Å². The number of carbonyl (C=O) groups is 1. The first-order valence-electron chi connectivity index (χ1n) is 6.41. The van der Waals surface area contributed by atoms with E-state index in [1.54, 1.807) is 45.0 Å². The van der Waals surface area contributed by atoms with E-state index in [-0.39, 0.29) is 12.5 Å². The molecular weight excluding hydrogens is 274 g/mol. The van der Waals surface area contributed by atoms with Gasteiger partial charge in [-0.05, 0) is 32.9 Å². The van der Waals surface area contributed by atoms with Gasteiger partial charge in [-0.3, -0.25) is 5.32 Å². The van der Waals surface area contributed by atoms with E-state index < -0.39 is 11.7 Å². The number of hydrogen-bond donors (Lipinski definition) is 2. The second-order valence-electron chi connectivity index (χ2n) is 5.38. The summed E-state index contributed by atoms with van der Waals surface area (Å²) in [5.74, 6) is 0.474. The predicted octanol–water partition coefficient (Wildman–Crippen LogP) is 2.58. The van der Waals surface area contributed by atoms with Crippen molar-refractivity contribution in [2.24, 2.45) is 0 Å². The molecule has 0 atom stereocenters. The molecule has 0 saturated heterocycles. The molecule has 1 amide bonds. The van der Waals surface area contributed by atoms with Gasteiger partial charge < -0.3 is 14.4 Å². The van der Waals surface area contributed by atoms with Crippen molar-refractivity contribution in [1.29, 1.82) is 0 Å². The average Bonchev–Trinajstić information content (AvgIpc) is 2.85. The van der Waals surface area contributed by atoms with Crippen molar-refractivity contribution in [2.45, 2.75) is 33.0 Å². The van der Waals surface area contributed by atoms with Gasteiger partial charge in [0.2, 0.25) is 5.82 Å². The minimum Gasteiger partial charge on any atom is -0.444 e. The number of ether oxygens (including phenoxy) is 1. The molecule has 1 aromatic heterocycles. The summed E-state index contributed by atoms with van der Waals surface area (Å²) < 4.78 is 10.0. The lowest BCUT2D eigenvalue weighted by Gasteiger charge is -2.19. The maximum atomic E-state index is 11.7. The van der Waals surface area contributed by atoms with Gasteiger partial charge in [0, 0.05) is 11.3 Å². The van der Waals surface area contributed by atoms with E-state index >= 15 is 0 Å². The van der Waals surface area contributed by atoms with Crippen LogP contribution in [0.4, 0.5) is 10.5 Å². The Morgan fingerprint density at radius 2 is 2.19 bits per heavy atom. The summed E-state index contributed by atoms with van der Waals surface area (Å²) >= 11 is 0. The zero-order valence-electron chi connectivity index (χ0n) is 12.1. The lowest BCUT2D eigenvalue weighted by Crippen LogP contribution is -2.27. The summed E-state index contributed by atoms with van der Waals surface area (Å²) in [6.45, 7) is 5.05. The maximum absolute atomic E-state index is 11.7. The van der Waals surface area contributed by atoms with Crippen molar-refractivity contribution >= 4 is 11.8 Å². The Kier molecular flexibility index (Phi) is 4.23. The monoisotopic (exact) mass is 291 g/mol. The van der Waals surface area contributed by atoms with Crippen molar-refractivity contribution in [1.82, 2.24) is 10.1 Å². The summed E-state index contributed by atoms with van der Waals surface area (Å²) in [7, 11) is 0. The Morgan fingerprint density at radius 1 is 1.43 bits per heavy atom. The fourth-order valence-electron chi connectivity index (χ4n) is 1.59. The number of amides is 1. The molecule has 0 radical (unpaired) electrons. The lowest BCUT2D eigenvalue weighted by atomic mass is 10.2. The number of nitrogens with one attached hydrogen (secondary N) is 1. The van der Waals surface area contributed by atoms with E-state index in [2.05, 4.69) is 15.5 Å². The minimum absolute atomic E-state index is 0.135. The molecule has 0 aliphatic heterocycles. The van der Waals surface area contributed by atoms with E-state index in [0.29, 0.717) is 17.1 Å². The van der Waals surface area contributed by atoms with Crippen molar-refractivity contribution < 1.29 is 19.2 Å². The van der Waals surface area contributed by atoms with E-state index in [0.717, 1.165) is 0 Å². The molecule has 7 heteroatoms. The fraction of sp³-hybridized carbons (Fsp3) is 0.357. The normalized spacial score (nSPS) is 11.2. The number of benzene rings is 1. The highest BCUT2D eigenvalue weighted by molar-refractivity contribution is 5.85. The van der Waals surface area contributed by atoms with Crippen molar-refractivity contribution in [3.8, 4) is 11.4 Å². The summed E-state index contributed by atoms with van der Waals surface area (Å²) in [5, 5.41) is 15.3. The first-order chi connectivity index (χ1) is 9.87. The van der Waals surface area contributed by atoms with Crippen LogP contribution >= 0.6 is 0 Å². The molecule has 1 aromatic carbocycles. The highest BCUT2D eigenvalue weighted by atomic mass is 16.6. The first-order valence-corrected chi connectivity index (χ1v) is 6.41. The van der Waals surface area contributed by atoms with Crippen LogP contribution in [-0.4, -0.2) is 26.9 Å². The Labute approximate surface area is 121 Å². The van der Waals surface area contributed by atoms with E-state index in [1.807, 2.05) is 0 Å². The van der Waals surface area contributed by atoms with Gasteiger partial charge in [-0.2, -0.15) is 4.98 Å². The van der Waals surface area contributed by atoms with E-state index in [9.17, 15) is 4.79 Å². The number of rotatable bonds is 3. The van der Waals surface area contributed by atoms with Crippen molar-refractivity contribution in [3.63, 3.8) is 0 Å². The third-order valence-electron chi connectivity index (χ3n) is 2.37. The van der Waals surface area contributed by atoms with Crippen LogP contribution in [0.3, 0.4) is 0 Å². The third kappa shape index (κ3) is 4.28. The zero-order chi connectivity index (χ0) is 15.5. The Hall–Kier alpha value is -2.41. The molecule has 7 nitrogen and oxygen atoms in total. The maximum Gasteiger partial charge on any atom is 0.412 e. The fourth-order valence-corrected chi connectivity index (χ4v) is 1.59. The van der Waals surface area contributed by atoms with Crippen molar-refractivity contribution in [2.75, 3.05) is 5.32 Å². The number of hydrogen-bond acceptors (Lipinski definition) is 6. The Balaban J connectivity index is 2.12. The summed E-state index contributed by atoms with van der Waals surface area (Å²) in [5.41, 5.74) is 0.648. The van der Waals surface area contributed by atoms with Gasteiger partial charge in [0.25, 0.3) is 5.89 Å². The number of aliphatic hydroxyl groups excluding tert-OH is 1. The van der Waals surface area contributed by atoms with Crippen LogP contribution in [0.1, 0.15) is 26.7 Å². The largest absolute Gasteiger partial charge is 0.444 e. The molecule has 0 aliphatic carbocycles. The molecule has 0 unspecified atom stereocenters. The number of anilines is 1. The van der Waals surface area contributed by atoms with Crippen LogP contribution in [0.15, 0.2) is 28.8 Å². The number of aromatic nitrogens is 2. The first kappa shape index (κ1) is 15.0. The highest BCUT2D eigenvalue weighted by Crippen LogP contribution is 2.20. The lowest BCUT2D eigenvalue weighted by molar-refractivity contribution is 0.0636. The predicted molar refractivity (Wildman–Crippen MR) is 75.5 cm³/mol. The second-order valence-corrected chi connectivity index (χ2v) is 5.38. The molecule has 1 heterocycles. The molecule has 2 N–H and O–H groups in total. The quantitative estimate of drug-likeness (QED) is 0.902. The van der Waals surface area contributed by atoms with Gasteiger partial charge >= 0.3 is 6.09 Å². The smallest absolute Gasteiger partial charge is 0.412 e. The number of nitrogens with zero attached hydrogens (tertiary/aromatic N) is 2. The average molecular weight is 291 g/mol. The molecular formula is C14H17N3O4. The Morgan fingerprint density at radius 3 is 2.81 bits per heavy atom. The molecule has 0 bridgehead atoms. The highest BCUT2D eigenvalue weighted by Gasteiger charge is 2.16. The van der Waals surface area contributed by atoms with Gasteiger partial charge in [0.05, 0.1) is 0 Å². The SMILES string of the molecule is CC(C)(C)OC(=O)Nc1cccc(-c2noc(CO)n2)c1. The molecule has 21 heavy (non-hydrogen) atoms. The third-order valence-corrected chi connectivity index (χ3v) is 2.37. The second kappa shape index (κ2) is 5.92. The molecule has 0 spiro atoms. The van der Waals surface area contributed by atoms with Crippen LogP contribution in [0.2, 0.25) is 0 Å². The molecule has 112 valence electrons. The number of aliphatic hydroxyl groups is 1. The molecule has 2 aromatic rings. The van der Waals surface area contributed by atoms with Crippen molar-refractivity contribution in [3.05, 3.63) is 30.2 Å². The van der Waals surface area contributed by atoms with E-state index in [1.165, 1.54) is 0 Å². The summed E-state index contributed by atoms with van der Waals surface area (Å²) in [6.07, 6.45) is -0.538. The van der Waals surface area contributed by atoms with Gasteiger partial charge in [-0.1, -0.05) is 17.3 Å². The molecule has 2 rings (SSSR count). The molecule has 0 fully saturated rings. The topological polar surface area (TPSA) is 97.5 Å². The van der Waals surface area contributed by atoms with Crippen LogP contribution in [-0.2, 0) is 11.3 Å². The van der Waals surface area contributed by atoms with E-state index in [4.69, 9.17) is 14.4 Å². The van der Waals surface area contributed by atoms with Gasteiger partial charge in [0.1, 0.15) is 12.2 Å². The number of carbonyl (C=O) groups excluding carboxylic acids is 1. The molecule has 0 aliphatic rings. The van der Waals surface area contributed by atoms with Gasteiger partial charge in [-0.25, -0.2) is 4.79 Å². The van der Waals surface area contributed by atoms with Crippen LogP contribution in [0.25, 0.3) is 11.4 Å². The standard InChI is InChI=1S/C14H17N3O4/c1-14(2,3)20-13(19)15-10-6-4-5-9(7-10)12-16-11(8-18)21-17-12/h4-7,18H,8H2,1-3H3,(H,15,19). The van der Waals surface area contributed by atoms with Crippen LogP contribution in [0, 0.1) is 0 Å². The minimum atomic E-state index is -0.564. The molecule has 0 saturated carbocycles. The van der Waals surface area contributed by atoms with Crippen LogP contribution < -0.4 is 5.32 Å². The van der Waals surface area contributed by atoms with Crippen LogP contribution in [0.5, 0.6) is 0 Å². The summed E-state index contributed by atoms with van der Waals surface area (Å²) in [6, 6.07) is 6.93. The zero-order valence-corrected chi connectivity index (χ0v) is 12.1. The summed E-state index contributed by atoms with van der Waals surface area (Å²) in [4.78, 5) is 15.7. The van der Waals surface area contributed by atoms with Gasteiger partial charge in [-0.15, -0.1) is 0 Å².